The van der Waals surface area contributed by atoms with Crippen LogP contribution in [0.5, 0.6) is 0 Å². The first kappa shape index (κ1) is 15.9. The Morgan fingerprint density at radius 3 is 2.55 bits per heavy atom. The second-order valence-electron chi connectivity index (χ2n) is 5.54. The highest BCUT2D eigenvalue weighted by Crippen LogP contribution is 2.37. The van der Waals surface area contributed by atoms with Crippen molar-refractivity contribution in [2.24, 2.45) is 0 Å². The van der Waals surface area contributed by atoms with Crippen molar-refractivity contribution < 1.29 is 19.7 Å². The molecule has 1 heterocycles. The van der Waals surface area contributed by atoms with Crippen molar-refractivity contribution in [2.75, 3.05) is 6.54 Å². The summed E-state index contributed by atoms with van der Waals surface area (Å²) in [5.74, 6) is -0.890. The summed E-state index contributed by atoms with van der Waals surface area (Å²) in [6.07, 6.45) is 0.493. The fraction of sp³-hybridized carbons (Fsp3) is 0.429. The number of amides is 2. The zero-order valence-electron chi connectivity index (χ0n) is 12.3. The fourth-order valence-electron chi connectivity index (χ4n) is 2.69. The summed E-state index contributed by atoms with van der Waals surface area (Å²) in [7, 11) is 0. The minimum absolute atomic E-state index is 0.0392. The summed E-state index contributed by atoms with van der Waals surface area (Å²) in [4.78, 5) is 35.7. The number of nitrogens with zero attached hydrogens (tertiary/aromatic N) is 2. The molecular formula is C14H17N3O5. The Morgan fingerprint density at radius 2 is 2.05 bits per heavy atom. The monoisotopic (exact) mass is 307 g/mol. The van der Waals surface area contributed by atoms with Gasteiger partial charge in [0.05, 0.1) is 10.3 Å². The molecule has 2 amide bonds. The number of non-ortho nitro benzene ring substituents is 1. The highest BCUT2D eigenvalue weighted by atomic mass is 16.6. The summed E-state index contributed by atoms with van der Waals surface area (Å²) in [6.45, 7) is 3.66. The molecule has 118 valence electrons. The predicted octanol–water partition coefficient (Wildman–Crippen LogP) is 0.979. The third-order valence-corrected chi connectivity index (χ3v) is 4.26. The average molecular weight is 307 g/mol. The SMILES string of the molecule is CC(C(=O)NO)N1CCC(C)(c2ccc([N+](=O)[O-])cc2)C1=O. The van der Waals surface area contributed by atoms with Crippen LogP contribution in [-0.2, 0) is 15.0 Å². The third kappa shape index (κ3) is 2.52. The van der Waals surface area contributed by atoms with Crippen molar-refractivity contribution in [3.05, 3.63) is 39.9 Å². The number of nitro groups is 1. The minimum atomic E-state index is -0.834. The first-order valence-electron chi connectivity index (χ1n) is 6.81. The van der Waals surface area contributed by atoms with Crippen LogP contribution in [0, 0.1) is 10.1 Å². The van der Waals surface area contributed by atoms with Crippen molar-refractivity contribution in [1.82, 2.24) is 10.4 Å². The number of likely N-dealkylation sites (tertiary alicyclic amines) is 1. The molecule has 1 aromatic rings. The lowest BCUT2D eigenvalue weighted by Crippen LogP contribution is -2.47. The number of hydrogen-bond acceptors (Lipinski definition) is 5. The zero-order chi connectivity index (χ0) is 16.5. The van der Waals surface area contributed by atoms with Gasteiger partial charge in [0.25, 0.3) is 11.6 Å². The highest BCUT2D eigenvalue weighted by Gasteiger charge is 2.46. The average Bonchev–Trinajstić information content (AvgIpc) is 2.83. The lowest BCUT2D eigenvalue weighted by Gasteiger charge is -2.26. The largest absolute Gasteiger partial charge is 0.330 e. The fourth-order valence-corrected chi connectivity index (χ4v) is 2.69. The maximum atomic E-state index is 12.6. The van der Waals surface area contributed by atoms with Crippen LogP contribution in [0.3, 0.4) is 0 Å². The van der Waals surface area contributed by atoms with E-state index in [0.29, 0.717) is 18.5 Å². The number of benzene rings is 1. The topological polar surface area (TPSA) is 113 Å². The van der Waals surface area contributed by atoms with Crippen molar-refractivity contribution >= 4 is 17.5 Å². The van der Waals surface area contributed by atoms with Gasteiger partial charge in [-0.2, -0.15) is 0 Å². The van der Waals surface area contributed by atoms with E-state index >= 15 is 0 Å². The molecule has 2 unspecified atom stereocenters. The van der Waals surface area contributed by atoms with E-state index in [0.717, 1.165) is 0 Å². The smallest absolute Gasteiger partial charge is 0.269 e. The van der Waals surface area contributed by atoms with Gasteiger partial charge in [-0.25, -0.2) is 5.48 Å². The Balaban J connectivity index is 2.26. The Bertz CT molecular complexity index is 615. The van der Waals surface area contributed by atoms with Crippen molar-refractivity contribution in [3.63, 3.8) is 0 Å². The molecule has 2 N–H and O–H groups in total. The molecule has 0 saturated carbocycles. The molecule has 0 aromatic heterocycles. The Morgan fingerprint density at radius 1 is 1.45 bits per heavy atom. The molecule has 0 bridgehead atoms. The van der Waals surface area contributed by atoms with Gasteiger partial charge < -0.3 is 4.90 Å². The molecule has 1 fully saturated rings. The molecule has 1 aliphatic heterocycles. The van der Waals surface area contributed by atoms with Gasteiger partial charge in [0, 0.05) is 18.7 Å². The number of carbonyl (C=O) groups excluding carboxylic acids is 2. The summed E-state index contributed by atoms with van der Waals surface area (Å²) in [5.41, 5.74) is 1.34. The third-order valence-electron chi connectivity index (χ3n) is 4.26. The molecule has 1 aliphatic rings. The van der Waals surface area contributed by atoms with Crippen LogP contribution < -0.4 is 5.48 Å². The lowest BCUT2D eigenvalue weighted by molar-refractivity contribution is -0.384. The van der Waals surface area contributed by atoms with E-state index in [4.69, 9.17) is 5.21 Å². The number of carbonyl (C=O) groups is 2. The molecule has 0 aliphatic carbocycles. The van der Waals surface area contributed by atoms with Crippen LogP contribution in [0.1, 0.15) is 25.8 Å². The molecule has 2 rings (SSSR count). The number of hydrogen-bond donors (Lipinski definition) is 2. The number of rotatable bonds is 4. The maximum Gasteiger partial charge on any atom is 0.269 e. The molecule has 0 radical (unpaired) electrons. The summed E-state index contributed by atoms with van der Waals surface area (Å²) in [6, 6.07) is 5.07. The van der Waals surface area contributed by atoms with Crippen LogP contribution in [-0.4, -0.2) is 39.4 Å². The van der Waals surface area contributed by atoms with Crippen LogP contribution in [0.2, 0.25) is 0 Å². The summed E-state index contributed by atoms with van der Waals surface area (Å²) >= 11 is 0. The summed E-state index contributed by atoms with van der Waals surface area (Å²) < 4.78 is 0. The Hall–Kier alpha value is -2.48. The van der Waals surface area contributed by atoms with E-state index in [1.165, 1.54) is 24.0 Å². The lowest BCUT2D eigenvalue weighted by atomic mass is 9.81. The first-order chi connectivity index (χ1) is 10.3. The van der Waals surface area contributed by atoms with Crippen LogP contribution in [0.4, 0.5) is 5.69 Å². The van der Waals surface area contributed by atoms with Gasteiger partial charge in [0.1, 0.15) is 6.04 Å². The number of nitrogens with one attached hydrogen (secondary N) is 1. The maximum absolute atomic E-state index is 12.6. The van der Waals surface area contributed by atoms with Gasteiger partial charge in [0.15, 0.2) is 0 Å². The van der Waals surface area contributed by atoms with Crippen LogP contribution >= 0.6 is 0 Å². The van der Waals surface area contributed by atoms with E-state index in [1.807, 2.05) is 0 Å². The van der Waals surface area contributed by atoms with E-state index in [2.05, 4.69) is 0 Å². The zero-order valence-corrected chi connectivity index (χ0v) is 12.3. The van der Waals surface area contributed by atoms with Gasteiger partial charge in [-0.1, -0.05) is 12.1 Å². The molecule has 2 atom stereocenters. The van der Waals surface area contributed by atoms with Crippen molar-refractivity contribution in [2.45, 2.75) is 31.7 Å². The molecule has 1 saturated heterocycles. The first-order valence-corrected chi connectivity index (χ1v) is 6.81. The van der Waals surface area contributed by atoms with Gasteiger partial charge in [-0.05, 0) is 25.8 Å². The van der Waals surface area contributed by atoms with E-state index in [9.17, 15) is 19.7 Å². The normalized spacial score (nSPS) is 22.5. The van der Waals surface area contributed by atoms with Crippen LogP contribution in [0.15, 0.2) is 24.3 Å². The van der Waals surface area contributed by atoms with Gasteiger partial charge in [0.2, 0.25) is 5.91 Å². The van der Waals surface area contributed by atoms with Crippen molar-refractivity contribution in [3.8, 4) is 0 Å². The molecule has 8 nitrogen and oxygen atoms in total. The molecule has 22 heavy (non-hydrogen) atoms. The number of nitro benzene ring substituents is 1. The predicted molar refractivity (Wildman–Crippen MR) is 76.2 cm³/mol. The second-order valence-corrected chi connectivity index (χ2v) is 5.54. The standard InChI is InChI=1S/C14H17N3O5/c1-9(12(18)15-20)16-8-7-14(2,13(16)19)10-3-5-11(6-4-10)17(21)22/h3-6,9,20H,7-8H2,1-2H3,(H,15,18). The molecular weight excluding hydrogens is 290 g/mol. The Kier molecular flexibility index (Phi) is 4.14. The van der Waals surface area contributed by atoms with Crippen LogP contribution in [0.25, 0.3) is 0 Å². The van der Waals surface area contributed by atoms with Gasteiger partial charge in [-0.3, -0.25) is 24.9 Å². The number of hydroxylamine groups is 1. The van der Waals surface area contributed by atoms with E-state index < -0.39 is 22.3 Å². The quantitative estimate of drug-likeness (QED) is 0.489. The molecule has 0 spiro atoms. The van der Waals surface area contributed by atoms with E-state index in [-0.39, 0.29) is 11.6 Å². The van der Waals surface area contributed by atoms with Gasteiger partial charge >= 0.3 is 0 Å². The van der Waals surface area contributed by atoms with E-state index in [1.54, 1.807) is 24.5 Å². The molecule has 1 aromatic carbocycles. The van der Waals surface area contributed by atoms with Crippen molar-refractivity contribution in [1.29, 1.82) is 0 Å². The Labute approximate surface area is 126 Å². The molecule has 8 heteroatoms. The summed E-state index contributed by atoms with van der Waals surface area (Å²) in [5, 5.41) is 19.4. The minimum Gasteiger partial charge on any atom is -0.330 e. The second kappa shape index (κ2) is 5.72. The highest BCUT2D eigenvalue weighted by molar-refractivity contribution is 5.94. The van der Waals surface area contributed by atoms with Gasteiger partial charge in [-0.15, -0.1) is 0 Å².